The highest BCUT2D eigenvalue weighted by Crippen LogP contribution is 2.14. The van der Waals surface area contributed by atoms with E-state index in [2.05, 4.69) is 6.92 Å². The summed E-state index contributed by atoms with van der Waals surface area (Å²) in [4.78, 5) is 22.1. The molecule has 1 rings (SSSR count). The maximum atomic E-state index is 11.7. The highest BCUT2D eigenvalue weighted by molar-refractivity contribution is 5.93. The number of hydrogen-bond acceptors (Lipinski definition) is 3. The van der Waals surface area contributed by atoms with Crippen molar-refractivity contribution < 1.29 is 19.1 Å². The smallest absolute Gasteiger partial charge is 0.303 e. The first kappa shape index (κ1) is 20.2. The first-order valence-corrected chi connectivity index (χ1v) is 9.13. The van der Waals surface area contributed by atoms with Gasteiger partial charge in [0.2, 0.25) is 0 Å². The van der Waals surface area contributed by atoms with Crippen LogP contribution in [0.15, 0.2) is 22.6 Å². The molecular weight excluding hydrogens is 304 g/mol. The van der Waals surface area contributed by atoms with Gasteiger partial charge in [-0.1, -0.05) is 39.0 Å². The quantitative estimate of drug-likeness (QED) is 0.365. The van der Waals surface area contributed by atoms with Gasteiger partial charge >= 0.3 is 5.97 Å². The SMILES string of the molecule is CCCCCC(=O)/C=C/c1ccc(CCCCCCCC(=O)O)o1. The van der Waals surface area contributed by atoms with Crippen molar-refractivity contribution in [2.24, 2.45) is 0 Å². The summed E-state index contributed by atoms with van der Waals surface area (Å²) >= 11 is 0. The largest absolute Gasteiger partial charge is 0.481 e. The summed E-state index contributed by atoms with van der Waals surface area (Å²) < 4.78 is 5.70. The van der Waals surface area contributed by atoms with Gasteiger partial charge in [-0.25, -0.2) is 0 Å². The molecule has 0 fully saturated rings. The Hall–Kier alpha value is -1.84. The number of carbonyl (C=O) groups is 2. The molecule has 24 heavy (non-hydrogen) atoms. The second kappa shape index (κ2) is 12.6. The highest BCUT2D eigenvalue weighted by Gasteiger charge is 2.02. The van der Waals surface area contributed by atoms with Crippen LogP contribution >= 0.6 is 0 Å². The summed E-state index contributed by atoms with van der Waals surface area (Å²) in [7, 11) is 0. The fourth-order valence-corrected chi connectivity index (χ4v) is 2.53. The van der Waals surface area contributed by atoms with Crippen molar-refractivity contribution in [3.8, 4) is 0 Å². The molecule has 0 radical (unpaired) electrons. The average Bonchev–Trinajstić information content (AvgIpc) is 3.00. The molecule has 0 aliphatic carbocycles. The van der Waals surface area contributed by atoms with Crippen LogP contribution < -0.4 is 0 Å². The number of carboxylic acids is 1. The van der Waals surface area contributed by atoms with E-state index in [1.807, 2.05) is 12.1 Å². The van der Waals surface area contributed by atoms with E-state index in [1.165, 1.54) is 0 Å². The number of rotatable bonds is 14. The van der Waals surface area contributed by atoms with E-state index < -0.39 is 5.97 Å². The molecule has 1 aromatic rings. The van der Waals surface area contributed by atoms with Crippen LogP contribution in [-0.2, 0) is 16.0 Å². The number of aliphatic carboxylic acids is 1. The van der Waals surface area contributed by atoms with Crippen molar-refractivity contribution in [2.75, 3.05) is 0 Å². The lowest BCUT2D eigenvalue weighted by molar-refractivity contribution is -0.137. The molecular formula is C20H30O4. The number of carbonyl (C=O) groups excluding carboxylic acids is 1. The number of aryl methyl sites for hydroxylation is 1. The first-order valence-electron chi connectivity index (χ1n) is 9.13. The minimum atomic E-state index is -0.713. The molecule has 134 valence electrons. The van der Waals surface area contributed by atoms with Gasteiger partial charge in [0.15, 0.2) is 5.78 Å². The van der Waals surface area contributed by atoms with Crippen LogP contribution in [-0.4, -0.2) is 16.9 Å². The van der Waals surface area contributed by atoms with Gasteiger partial charge in [-0.05, 0) is 43.5 Å². The van der Waals surface area contributed by atoms with Crippen LogP contribution in [0, 0.1) is 0 Å². The number of hydrogen-bond donors (Lipinski definition) is 1. The van der Waals surface area contributed by atoms with Crippen LogP contribution in [0.25, 0.3) is 6.08 Å². The fraction of sp³-hybridized carbons (Fsp3) is 0.600. The molecule has 0 saturated heterocycles. The third kappa shape index (κ3) is 10.0. The molecule has 0 atom stereocenters. The van der Waals surface area contributed by atoms with E-state index in [1.54, 1.807) is 12.2 Å². The molecule has 0 aromatic carbocycles. The first-order chi connectivity index (χ1) is 11.6. The molecule has 4 heteroatoms. The fourth-order valence-electron chi connectivity index (χ4n) is 2.53. The van der Waals surface area contributed by atoms with Crippen LogP contribution in [0.1, 0.15) is 82.7 Å². The van der Waals surface area contributed by atoms with Gasteiger partial charge in [-0.3, -0.25) is 9.59 Å². The van der Waals surface area contributed by atoms with Gasteiger partial charge < -0.3 is 9.52 Å². The van der Waals surface area contributed by atoms with Crippen molar-refractivity contribution in [1.29, 1.82) is 0 Å². The average molecular weight is 334 g/mol. The van der Waals surface area contributed by atoms with E-state index in [4.69, 9.17) is 9.52 Å². The molecule has 0 bridgehead atoms. The lowest BCUT2D eigenvalue weighted by Gasteiger charge is -1.99. The summed E-state index contributed by atoms with van der Waals surface area (Å²) in [6.45, 7) is 2.13. The van der Waals surface area contributed by atoms with Crippen molar-refractivity contribution in [3.05, 3.63) is 29.7 Å². The van der Waals surface area contributed by atoms with Crippen LogP contribution in [0.2, 0.25) is 0 Å². The van der Waals surface area contributed by atoms with Gasteiger partial charge in [-0.2, -0.15) is 0 Å². The minimum absolute atomic E-state index is 0.155. The van der Waals surface area contributed by atoms with E-state index in [-0.39, 0.29) is 12.2 Å². The zero-order chi connectivity index (χ0) is 17.6. The van der Waals surface area contributed by atoms with E-state index in [0.29, 0.717) is 6.42 Å². The van der Waals surface area contributed by atoms with Gasteiger partial charge in [0, 0.05) is 19.3 Å². The lowest BCUT2D eigenvalue weighted by Crippen LogP contribution is -1.93. The van der Waals surface area contributed by atoms with Gasteiger partial charge in [0.05, 0.1) is 0 Å². The van der Waals surface area contributed by atoms with Crippen molar-refractivity contribution in [3.63, 3.8) is 0 Å². The third-order valence-electron chi connectivity index (χ3n) is 3.96. The molecule has 0 unspecified atom stereocenters. The Labute approximate surface area is 144 Å². The normalized spacial score (nSPS) is 11.2. The standard InChI is InChI=1S/C20H30O4/c1-2-3-7-10-17(21)13-14-19-16-15-18(24-19)11-8-5-4-6-9-12-20(22)23/h13-16H,2-12H2,1H3,(H,22,23)/b14-13+. The van der Waals surface area contributed by atoms with Gasteiger partial charge in [0.25, 0.3) is 0 Å². The summed E-state index contributed by atoms with van der Waals surface area (Å²) in [5, 5.41) is 8.56. The van der Waals surface area contributed by atoms with Crippen LogP contribution in [0.5, 0.6) is 0 Å². The Morgan fingerprint density at radius 2 is 1.71 bits per heavy atom. The van der Waals surface area contributed by atoms with Crippen molar-refractivity contribution in [1.82, 2.24) is 0 Å². The van der Waals surface area contributed by atoms with E-state index >= 15 is 0 Å². The maximum absolute atomic E-state index is 11.7. The topological polar surface area (TPSA) is 67.5 Å². The predicted octanol–water partition coefficient (Wildman–Crippen LogP) is 5.41. The second-order valence-electron chi connectivity index (χ2n) is 6.22. The number of ketones is 1. The maximum Gasteiger partial charge on any atom is 0.303 e. The lowest BCUT2D eigenvalue weighted by atomic mass is 10.1. The highest BCUT2D eigenvalue weighted by atomic mass is 16.4. The third-order valence-corrected chi connectivity index (χ3v) is 3.96. The van der Waals surface area contributed by atoms with E-state index in [9.17, 15) is 9.59 Å². The zero-order valence-corrected chi connectivity index (χ0v) is 14.8. The molecule has 4 nitrogen and oxygen atoms in total. The molecule has 0 amide bonds. The minimum Gasteiger partial charge on any atom is -0.481 e. The molecule has 0 spiro atoms. The molecule has 1 heterocycles. The zero-order valence-electron chi connectivity index (χ0n) is 14.8. The Morgan fingerprint density at radius 1 is 1.00 bits per heavy atom. The summed E-state index contributed by atoms with van der Waals surface area (Å²) in [5.41, 5.74) is 0. The van der Waals surface area contributed by atoms with Crippen molar-refractivity contribution in [2.45, 2.75) is 77.6 Å². The summed E-state index contributed by atoms with van der Waals surface area (Å²) in [5.74, 6) is 1.12. The van der Waals surface area contributed by atoms with Gasteiger partial charge in [0.1, 0.15) is 11.5 Å². The Kier molecular flexibility index (Phi) is 10.6. The Balaban J connectivity index is 2.16. The monoisotopic (exact) mass is 334 g/mol. The summed E-state index contributed by atoms with van der Waals surface area (Å²) in [6, 6.07) is 3.86. The molecule has 0 aliphatic heterocycles. The predicted molar refractivity (Wildman–Crippen MR) is 95.9 cm³/mol. The number of carboxylic acid groups (broad SMARTS) is 1. The van der Waals surface area contributed by atoms with Crippen molar-refractivity contribution >= 4 is 17.8 Å². The number of allylic oxidation sites excluding steroid dienone is 1. The Bertz CT molecular complexity index is 513. The summed E-state index contributed by atoms with van der Waals surface area (Å²) in [6.07, 6.45) is 13.2. The van der Waals surface area contributed by atoms with Crippen LogP contribution in [0.4, 0.5) is 0 Å². The Morgan fingerprint density at radius 3 is 2.46 bits per heavy atom. The number of unbranched alkanes of at least 4 members (excludes halogenated alkanes) is 6. The molecule has 1 aromatic heterocycles. The van der Waals surface area contributed by atoms with Crippen LogP contribution in [0.3, 0.4) is 0 Å². The van der Waals surface area contributed by atoms with E-state index in [0.717, 1.165) is 69.3 Å². The molecule has 0 aliphatic rings. The number of furan rings is 1. The van der Waals surface area contributed by atoms with Gasteiger partial charge in [-0.15, -0.1) is 0 Å². The molecule has 0 saturated carbocycles. The second-order valence-corrected chi connectivity index (χ2v) is 6.22. The molecule has 1 N–H and O–H groups in total.